The quantitative estimate of drug-likeness (QED) is 0.663. The lowest BCUT2D eigenvalue weighted by atomic mass is 9.73. The zero-order chi connectivity index (χ0) is 17.2. The molecule has 2 aliphatic rings. The van der Waals surface area contributed by atoms with Crippen molar-refractivity contribution in [1.29, 1.82) is 0 Å². The summed E-state index contributed by atoms with van der Waals surface area (Å²) in [4.78, 5) is 11.3. The van der Waals surface area contributed by atoms with Gasteiger partial charge in [0.1, 0.15) is 5.76 Å². The van der Waals surface area contributed by atoms with Gasteiger partial charge in [0.2, 0.25) is 5.89 Å². The van der Waals surface area contributed by atoms with Crippen LogP contribution in [0.5, 0.6) is 0 Å². The first-order valence-electron chi connectivity index (χ1n) is 9.33. The highest BCUT2D eigenvalue weighted by atomic mass is 16.4. The van der Waals surface area contributed by atoms with Crippen molar-refractivity contribution in [3.8, 4) is 0 Å². The molecule has 2 heterocycles. The maximum Gasteiger partial charge on any atom is 0.213 e. The summed E-state index contributed by atoms with van der Waals surface area (Å²) >= 11 is 0. The molecule has 0 bridgehead atoms. The van der Waals surface area contributed by atoms with Crippen LogP contribution in [-0.4, -0.2) is 36.0 Å². The topological polar surface area (TPSA) is 53.7 Å². The number of aliphatic imine (C=N–C) groups is 1. The summed E-state index contributed by atoms with van der Waals surface area (Å²) in [5, 5.41) is 3.43. The fourth-order valence-corrected chi connectivity index (χ4v) is 4.05. The number of hydrogen-bond donors (Lipinski definition) is 1. The molecule has 0 unspecified atom stereocenters. The van der Waals surface area contributed by atoms with E-state index in [1.165, 1.54) is 38.5 Å². The SMILES string of the molecule is CN=C(NCc1ncc(C(C)(C)C)o1)N1CCC2(CCCCC2)C1. The number of hydrogen-bond acceptors (Lipinski definition) is 3. The summed E-state index contributed by atoms with van der Waals surface area (Å²) in [6.45, 7) is 9.25. The molecule has 3 rings (SSSR count). The molecule has 5 nitrogen and oxygen atoms in total. The van der Waals surface area contributed by atoms with Crippen molar-refractivity contribution in [2.24, 2.45) is 10.4 Å². The molecule has 2 fully saturated rings. The normalized spacial score (nSPS) is 21.5. The van der Waals surface area contributed by atoms with Crippen LogP contribution in [0.3, 0.4) is 0 Å². The summed E-state index contributed by atoms with van der Waals surface area (Å²) in [6.07, 6.45) is 10.1. The fourth-order valence-electron chi connectivity index (χ4n) is 4.05. The number of nitrogens with zero attached hydrogens (tertiary/aromatic N) is 3. The Balaban J connectivity index is 1.57. The maximum atomic E-state index is 5.87. The Morgan fingerprint density at radius 3 is 2.67 bits per heavy atom. The lowest BCUT2D eigenvalue weighted by Gasteiger charge is -2.33. The zero-order valence-electron chi connectivity index (χ0n) is 15.7. The smallest absolute Gasteiger partial charge is 0.213 e. The van der Waals surface area contributed by atoms with Crippen LogP contribution in [0.15, 0.2) is 15.6 Å². The minimum atomic E-state index is -0.00472. The van der Waals surface area contributed by atoms with Crippen molar-refractivity contribution >= 4 is 5.96 Å². The third kappa shape index (κ3) is 3.76. The fraction of sp³-hybridized carbons (Fsp3) is 0.789. The van der Waals surface area contributed by atoms with Gasteiger partial charge in [0.05, 0.1) is 12.7 Å². The van der Waals surface area contributed by atoms with E-state index in [2.05, 4.69) is 41.0 Å². The van der Waals surface area contributed by atoms with Crippen LogP contribution in [0.4, 0.5) is 0 Å². The predicted molar refractivity (Wildman–Crippen MR) is 97.1 cm³/mol. The van der Waals surface area contributed by atoms with Gasteiger partial charge in [-0.15, -0.1) is 0 Å². The van der Waals surface area contributed by atoms with E-state index in [4.69, 9.17) is 4.42 Å². The molecule has 1 aromatic rings. The van der Waals surface area contributed by atoms with Crippen molar-refractivity contribution in [2.45, 2.75) is 71.3 Å². The summed E-state index contributed by atoms with van der Waals surface area (Å²) in [5.41, 5.74) is 0.535. The number of aromatic nitrogens is 1. The molecule has 5 heteroatoms. The molecular formula is C19H32N4O. The van der Waals surface area contributed by atoms with Gasteiger partial charge < -0.3 is 14.6 Å². The second-order valence-electron chi connectivity index (χ2n) is 8.50. The van der Waals surface area contributed by atoms with Gasteiger partial charge in [-0.3, -0.25) is 4.99 Å². The predicted octanol–water partition coefficient (Wildman–Crippen LogP) is 3.70. The second kappa shape index (κ2) is 6.77. The Morgan fingerprint density at radius 2 is 2.04 bits per heavy atom. The Labute approximate surface area is 145 Å². The van der Waals surface area contributed by atoms with Gasteiger partial charge in [0.15, 0.2) is 5.96 Å². The number of likely N-dealkylation sites (tertiary alicyclic amines) is 1. The molecular weight excluding hydrogens is 300 g/mol. The first-order chi connectivity index (χ1) is 11.4. The van der Waals surface area contributed by atoms with Gasteiger partial charge >= 0.3 is 0 Å². The van der Waals surface area contributed by atoms with Gasteiger partial charge in [-0.05, 0) is 24.7 Å². The molecule has 1 spiro atoms. The third-order valence-corrected chi connectivity index (χ3v) is 5.55. The van der Waals surface area contributed by atoms with Crippen LogP contribution < -0.4 is 5.32 Å². The number of nitrogens with one attached hydrogen (secondary N) is 1. The standard InChI is InChI=1S/C19H32N4O/c1-18(2,3)15-12-21-16(24-15)13-22-17(20-4)23-11-10-19(14-23)8-6-5-7-9-19/h12H,5-11,13-14H2,1-4H3,(H,20,22). The molecule has 1 aliphatic heterocycles. The van der Waals surface area contributed by atoms with Crippen LogP contribution in [0.1, 0.15) is 70.9 Å². The van der Waals surface area contributed by atoms with E-state index in [0.29, 0.717) is 12.0 Å². The van der Waals surface area contributed by atoms with Crippen LogP contribution in [0, 0.1) is 5.41 Å². The van der Waals surface area contributed by atoms with Crippen LogP contribution in [-0.2, 0) is 12.0 Å². The molecule has 1 aliphatic carbocycles. The lowest BCUT2D eigenvalue weighted by Crippen LogP contribution is -2.41. The molecule has 134 valence electrons. The lowest BCUT2D eigenvalue weighted by molar-refractivity contribution is 0.203. The molecule has 1 N–H and O–H groups in total. The van der Waals surface area contributed by atoms with Gasteiger partial charge in [0, 0.05) is 25.6 Å². The van der Waals surface area contributed by atoms with Gasteiger partial charge in [-0.2, -0.15) is 0 Å². The minimum Gasteiger partial charge on any atom is -0.443 e. The van der Waals surface area contributed by atoms with Crippen molar-refractivity contribution < 1.29 is 4.42 Å². The zero-order valence-corrected chi connectivity index (χ0v) is 15.7. The van der Waals surface area contributed by atoms with Gasteiger partial charge in [0.25, 0.3) is 0 Å². The summed E-state index contributed by atoms with van der Waals surface area (Å²) in [7, 11) is 1.87. The molecule has 1 saturated carbocycles. The highest BCUT2D eigenvalue weighted by Crippen LogP contribution is 2.43. The van der Waals surface area contributed by atoms with E-state index in [0.717, 1.165) is 30.7 Å². The van der Waals surface area contributed by atoms with Gasteiger partial charge in [-0.25, -0.2) is 4.98 Å². The molecule has 0 amide bonds. The van der Waals surface area contributed by atoms with E-state index in [1.54, 1.807) is 0 Å². The first-order valence-corrected chi connectivity index (χ1v) is 9.33. The van der Waals surface area contributed by atoms with Crippen LogP contribution in [0.25, 0.3) is 0 Å². The van der Waals surface area contributed by atoms with Crippen molar-refractivity contribution in [2.75, 3.05) is 20.1 Å². The third-order valence-electron chi connectivity index (χ3n) is 5.55. The Hall–Kier alpha value is -1.52. The Kier molecular flexibility index (Phi) is 4.88. The highest BCUT2D eigenvalue weighted by Gasteiger charge is 2.39. The molecule has 1 saturated heterocycles. The number of rotatable bonds is 2. The maximum absolute atomic E-state index is 5.87. The number of guanidine groups is 1. The van der Waals surface area contributed by atoms with Crippen molar-refractivity contribution in [1.82, 2.24) is 15.2 Å². The summed E-state index contributed by atoms with van der Waals surface area (Å²) < 4.78 is 5.87. The number of oxazole rings is 1. The Morgan fingerprint density at radius 1 is 1.29 bits per heavy atom. The van der Waals surface area contributed by atoms with Crippen molar-refractivity contribution in [3.05, 3.63) is 17.8 Å². The molecule has 0 radical (unpaired) electrons. The molecule has 0 atom stereocenters. The Bertz CT molecular complexity index is 578. The van der Waals surface area contributed by atoms with Crippen LogP contribution >= 0.6 is 0 Å². The summed E-state index contributed by atoms with van der Waals surface area (Å²) in [6, 6.07) is 0. The highest BCUT2D eigenvalue weighted by molar-refractivity contribution is 5.80. The monoisotopic (exact) mass is 332 g/mol. The molecule has 24 heavy (non-hydrogen) atoms. The van der Waals surface area contributed by atoms with E-state index >= 15 is 0 Å². The van der Waals surface area contributed by atoms with Crippen LogP contribution in [0.2, 0.25) is 0 Å². The minimum absolute atomic E-state index is 0.00472. The largest absolute Gasteiger partial charge is 0.443 e. The van der Waals surface area contributed by atoms with Gasteiger partial charge in [-0.1, -0.05) is 40.0 Å². The second-order valence-corrected chi connectivity index (χ2v) is 8.50. The van der Waals surface area contributed by atoms with E-state index in [-0.39, 0.29) is 5.41 Å². The summed E-state index contributed by atoms with van der Waals surface area (Å²) in [5.74, 6) is 2.64. The molecule has 0 aromatic carbocycles. The van der Waals surface area contributed by atoms with E-state index in [1.807, 2.05) is 13.2 Å². The van der Waals surface area contributed by atoms with Crippen molar-refractivity contribution in [3.63, 3.8) is 0 Å². The average Bonchev–Trinajstić information content (AvgIpc) is 3.17. The van der Waals surface area contributed by atoms with E-state index < -0.39 is 0 Å². The molecule has 1 aromatic heterocycles. The van der Waals surface area contributed by atoms with E-state index in [9.17, 15) is 0 Å². The average molecular weight is 332 g/mol. The first kappa shape index (κ1) is 17.3.